The van der Waals surface area contributed by atoms with Crippen LogP contribution < -0.4 is 4.74 Å². The summed E-state index contributed by atoms with van der Waals surface area (Å²) in [7, 11) is 3.37. The number of thioether (sulfide) groups is 1. The Labute approximate surface area is 155 Å². The Bertz CT molecular complexity index is 832. The molecule has 0 saturated heterocycles. The van der Waals surface area contributed by atoms with E-state index in [9.17, 15) is 4.79 Å². The van der Waals surface area contributed by atoms with Gasteiger partial charge in [-0.05, 0) is 40.3 Å². The van der Waals surface area contributed by atoms with Crippen LogP contribution in [0.2, 0.25) is 0 Å². The minimum Gasteiger partial charge on any atom is -0.497 e. The first kappa shape index (κ1) is 18.0. The van der Waals surface area contributed by atoms with Gasteiger partial charge in [0.25, 0.3) is 0 Å². The van der Waals surface area contributed by atoms with Crippen LogP contribution in [0.4, 0.5) is 0 Å². The van der Waals surface area contributed by atoms with Crippen molar-refractivity contribution in [3.05, 3.63) is 54.0 Å². The van der Waals surface area contributed by atoms with Gasteiger partial charge in [-0.25, -0.2) is 4.68 Å². The number of aromatic nitrogens is 4. The zero-order valence-corrected chi connectivity index (χ0v) is 15.3. The Kier molecular flexibility index (Phi) is 5.90. The first-order chi connectivity index (χ1) is 12.7. The lowest BCUT2D eigenvalue weighted by molar-refractivity contribution is -0.127. The first-order valence-electron chi connectivity index (χ1n) is 7.94. The van der Waals surface area contributed by atoms with Crippen LogP contribution >= 0.6 is 11.8 Å². The summed E-state index contributed by atoms with van der Waals surface area (Å²) in [5, 5.41) is 12.3. The van der Waals surface area contributed by atoms with Crippen LogP contribution in [-0.4, -0.2) is 50.9 Å². The quantitative estimate of drug-likeness (QED) is 0.559. The molecular formula is C17H19N5O3S. The monoisotopic (exact) mass is 373 g/mol. The van der Waals surface area contributed by atoms with E-state index in [1.807, 2.05) is 30.3 Å². The fourth-order valence-corrected chi connectivity index (χ4v) is 3.08. The minimum atomic E-state index is -0.0228. The highest BCUT2D eigenvalue weighted by molar-refractivity contribution is 7.99. The highest BCUT2D eigenvalue weighted by Gasteiger charge is 2.14. The molecule has 136 valence electrons. The molecule has 1 aromatic carbocycles. The van der Waals surface area contributed by atoms with E-state index in [-0.39, 0.29) is 11.7 Å². The second kappa shape index (κ2) is 8.52. The van der Waals surface area contributed by atoms with E-state index in [0.717, 1.165) is 17.1 Å². The lowest BCUT2D eigenvalue weighted by Gasteiger charge is -2.15. The van der Waals surface area contributed by atoms with E-state index >= 15 is 0 Å². The predicted molar refractivity (Wildman–Crippen MR) is 95.8 cm³/mol. The Morgan fingerprint density at radius 3 is 2.81 bits per heavy atom. The molecule has 0 radical (unpaired) electrons. The SMILES string of the molecule is COc1ccc(Cn2nnnc2SCC(=O)N(C)Cc2ccco2)cc1. The van der Waals surface area contributed by atoms with Crippen LogP contribution in [0.3, 0.4) is 0 Å². The number of benzene rings is 1. The molecule has 0 bridgehead atoms. The van der Waals surface area contributed by atoms with Crippen molar-refractivity contribution < 1.29 is 13.9 Å². The molecule has 3 rings (SSSR count). The number of carbonyl (C=O) groups is 1. The molecule has 8 nitrogen and oxygen atoms in total. The number of hydrogen-bond donors (Lipinski definition) is 0. The number of furan rings is 1. The van der Waals surface area contributed by atoms with Gasteiger partial charge in [-0.3, -0.25) is 4.79 Å². The first-order valence-corrected chi connectivity index (χ1v) is 8.92. The fraction of sp³-hybridized carbons (Fsp3) is 0.294. The summed E-state index contributed by atoms with van der Waals surface area (Å²) in [5.74, 6) is 1.77. The van der Waals surface area contributed by atoms with Crippen LogP contribution in [0.5, 0.6) is 5.75 Å². The molecule has 0 atom stereocenters. The summed E-state index contributed by atoms with van der Waals surface area (Å²) in [6.45, 7) is 0.957. The topological polar surface area (TPSA) is 86.3 Å². The van der Waals surface area contributed by atoms with Gasteiger partial charge in [-0.15, -0.1) is 5.10 Å². The minimum absolute atomic E-state index is 0.0228. The van der Waals surface area contributed by atoms with Crippen molar-refractivity contribution in [3.8, 4) is 5.75 Å². The lowest BCUT2D eigenvalue weighted by atomic mass is 10.2. The van der Waals surface area contributed by atoms with E-state index < -0.39 is 0 Å². The molecule has 9 heteroatoms. The summed E-state index contributed by atoms with van der Waals surface area (Å²) in [4.78, 5) is 13.9. The summed E-state index contributed by atoms with van der Waals surface area (Å²) in [6, 6.07) is 11.3. The second-order valence-corrected chi connectivity index (χ2v) is 6.53. The summed E-state index contributed by atoms with van der Waals surface area (Å²) in [5.41, 5.74) is 1.04. The highest BCUT2D eigenvalue weighted by atomic mass is 32.2. The molecule has 0 spiro atoms. The third-order valence-electron chi connectivity index (χ3n) is 3.71. The number of hydrogen-bond acceptors (Lipinski definition) is 7. The zero-order valence-electron chi connectivity index (χ0n) is 14.5. The molecule has 1 amide bonds. The van der Waals surface area contributed by atoms with E-state index in [1.54, 1.807) is 36.1 Å². The van der Waals surface area contributed by atoms with Gasteiger partial charge in [-0.2, -0.15) is 0 Å². The van der Waals surface area contributed by atoms with Crippen molar-refractivity contribution in [2.75, 3.05) is 19.9 Å². The largest absolute Gasteiger partial charge is 0.497 e. The Morgan fingerprint density at radius 2 is 2.12 bits per heavy atom. The number of amides is 1. The molecule has 0 aliphatic rings. The van der Waals surface area contributed by atoms with Crippen molar-refractivity contribution in [2.24, 2.45) is 0 Å². The molecular weight excluding hydrogens is 354 g/mol. The van der Waals surface area contributed by atoms with Gasteiger partial charge in [0.2, 0.25) is 11.1 Å². The third-order valence-corrected chi connectivity index (χ3v) is 4.66. The Morgan fingerprint density at radius 1 is 1.31 bits per heavy atom. The molecule has 0 aliphatic heterocycles. The van der Waals surface area contributed by atoms with Crippen molar-refractivity contribution in [1.82, 2.24) is 25.1 Å². The summed E-state index contributed by atoms with van der Waals surface area (Å²) in [6.07, 6.45) is 1.59. The fourth-order valence-electron chi connectivity index (χ4n) is 2.26. The maximum absolute atomic E-state index is 12.3. The van der Waals surface area contributed by atoms with Gasteiger partial charge >= 0.3 is 0 Å². The lowest BCUT2D eigenvalue weighted by Crippen LogP contribution is -2.27. The van der Waals surface area contributed by atoms with E-state index in [2.05, 4.69) is 15.5 Å². The Balaban J connectivity index is 1.55. The highest BCUT2D eigenvalue weighted by Crippen LogP contribution is 2.17. The number of carbonyl (C=O) groups excluding carboxylic acids is 1. The zero-order chi connectivity index (χ0) is 18.4. The second-order valence-electron chi connectivity index (χ2n) is 5.59. The van der Waals surface area contributed by atoms with Gasteiger partial charge in [0.05, 0.1) is 32.2 Å². The number of nitrogens with zero attached hydrogens (tertiary/aromatic N) is 5. The molecule has 0 fully saturated rings. The smallest absolute Gasteiger partial charge is 0.233 e. The van der Waals surface area contributed by atoms with E-state index in [1.165, 1.54) is 11.8 Å². The third kappa shape index (κ3) is 4.63. The normalized spacial score (nSPS) is 10.7. The average molecular weight is 373 g/mol. The van der Waals surface area contributed by atoms with Gasteiger partial charge in [0, 0.05) is 7.05 Å². The van der Waals surface area contributed by atoms with E-state index in [4.69, 9.17) is 9.15 Å². The summed E-state index contributed by atoms with van der Waals surface area (Å²) >= 11 is 1.31. The predicted octanol–water partition coefficient (Wildman–Crippen LogP) is 2.07. The molecule has 3 aromatic rings. The molecule has 0 aliphatic carbocycles. The molecule has 0 N–H and O–H groups in total. The van der Waals surface area contributed by atoms with Crippen molar-refractivity contribution >= 4 is 17.7 Å². The van der Waals surface area contributed by atoms with Crippen LogP contribution in [0, 0.1) is 0 Å². The van der Waals surface area contributed by atoms with Crippen molar-refractivity contribution in [3.63, 3.8) is 0 Å². The molecule has 0 saturated carbocycles. The number of methoxy groups -OCH3 is 1. The number of ether oxygens (including phenoxy) is 1. The number of tetrazole rings is 1. The van der Waals surface area contributed by atoms with Gasteiger partial charge in [-0.1, -0.05) is 23.9 Å². The average Bonchev–Trinajstić information content (AvgIpc) is 3.32. The number of rotatable bonds is 8. The standard InChI is InChI=1S/C17H19N5O3S/c1-21(11-15-4-3-9-25-15)16(23)12-26-17-18-19-20-22(17)10-13-5-7-14(24-2)8-6-13/h3-9H,10-12H2,1-2H3. The van der Waals surface area contributed by atoms with Gasteiger partial charge in [0.1, 0.15) is 11.5 Å². The molecule has 26 heavy (non-hydrogen) atoms. The molecule has 0 unspecified atom stereocenters. The molecule has 2 aromatic heterocycles. The van der Waals surface area contributed by atoms with E-state index in [0.29, 0.717) is 18.2 Å². The van der Waals surface area contributed by atoms with Gasteiger partial charge < -0.3 is 14.1 Å². The molecule has 2 heterocycles. The summed E-state index contributed by atoms with van der Waals surface area (Å²) < 4.78 is 12.1. The van der Waals surface area contributed by atoms with Crippen molar-refractivity contribution in [2.45, 2.75) is 18.2 Å². The Hall–Kier alpha value is -2.81. The van der Waals surface area contributed by atoms with Crippen LogP contribution in [-0.2, 0) is 17.9 Å². The van der Waals surface area contributed by atoms with Gasteiger partial charge in [0.15, 0.2) is 0 Å². The van der Waals surface area contributed by atoms with Crippen LogP contribution in [0.15, 0.2) is 52.2 Å². The maximum atomic E-state index is 12.3. The van der Waals surface area contributed by atoms with Crippen molar-refractivity contribution in [1.29, 1.82) is 0 Å². The van der Waals surface area contributed by atoms with Crippen LogP contribution in [0.25, 0.3) is 0 Å². The maximum Gasteiger partial charge on any atom is 0.233 e. The van der Waals surface area contributed by atoms with Crippen LogP contribution in [0.1, 0.15) is 11.3 Å².